The van der Waals surface area contributed by atoms with Gasteiger partial charge in [0.15, 0.2) is 5.41 Å². The van der Waals surface area contributed by atoms with Gasteiger partial charge in [-0.25, -0.2) is 0 Å². The van der Waals surface area contributed by atoms with Crippen LogP contribution in [0, 0.1) is 5.41 Å². The highest BCUT2D eigenvalue weighted by Gasteiger charge is 2.43. The van der Waals surface area contributed by atoms with Gasteiger partial charge in [-0.15, -0.1) is 0 Å². The number of ether oxygens (including phenoxy) is 1. The first-order valence-electron chi connectivity index (χ1n) is 6.75. The fraction of sp³-hybridized carbons (Fsp3) is 0.500. The van der Waals surface area contributed by atoms with Crippen molar-refractivity contribution >= 4 is 11.9 Å². The summed E-state index contributed by atoms with van der Waals surface area (Å²) in [6, 6.07) is 6.78. The zero-order valence-electron chi connectivity index (χ0n) is 12.8. The summed E-state index contributed by atoms with van der Waals surface area (Å²) in [6.45, 7) is 5.33. The monoisotopic (exact) mass is 294 g/mol. The predicted molar refractivity (Wildman–Crippen MR) is 78.1 cm³/mol. The third kappa shape index (κ3) is 3.74. The lowest BCUT2D eigenvalue weighted by molar-refractivity contribution is -0.166. The van der Waals surface area contributed by atoms with Crippen molar-refractivity contribution in [1.82, 2.24) is 0 Å². The lowest BCUT2D eigenvalue weighted by atomic mass is 9.74. The zero-order valence-corrected chi connectivity index (χ0v) is 12.8. The molecule has 0 aliphatic carbocycles. The van der Waals surface area contributed by atoms with Crippen molar-refractivity contribution in [3.05, 3.63) is 29.8 Å². The lowest BCUT2D eigenvalue weighted by Crippen LogP contribution is -2.38. The summed E-state index contributed by atoms with van der Waals surface area (Å²) in [4.78, 5) is 23.1. The van der Waals surface area contributed by atoms with Gasteiger partial charge in [0.2, 0.25) is 0 Å². The van der Waals surface area contributed by atoms with E-state index in [0.29, 0.717) is 6.42 Å². The van der Waals surface area contributed by atoms with Crippen LogP contribution in [-0.2, 0) is 19.7 Å². The molecule has 0 amide bonds. The smallest absolute Gasteiger partial charge is 0.322 e. The van der Waals surface area contributed by atoms with Crippen molar-refractivity contribution in [2.45, 2.75) is 39.0 Å². The molecule has 1 rings (SSSR count). The number of carbonyl (C=O) groups is 2. The summed E-state index contributed by atoms with van der Waals surface area (Å²) >= 11 is 0. The summed E-state index contributed by atoms with van der Waals surface area (Å²) < 4.78 is 4.61. The predicted octanol–water partition coefficient (Wildman–Crippen LogP) is 2.71. The van der Waals surface area contributed by atoms with Crippen LogP contribution in [0.25, 0.3) is 0 Å². The van der Waals surface area contributed by atoms with Crippen molar-refractivity contribution in [2.75, 3.05) is 7.11 Å². The van der Waals surface area contributed by atoms with Gasteiger partial charge in [0.05, 0.1) is 7.11 Å². The summed E-state index contributed by atoms with van der Waals surface area (Å²) in [5.74, 6) is -1.74. The fourth-order valence-electron chi connectivity index (χ4n) is 2.14. The highest BCUT2D eigenvalue weighted by molar-refractivity contribution is 5.98. The second-order valence-corrected chi connectivity index (χ2v) is 6.06. The molecule has 0 heterocycles. The van der Waals surface area contributed by atoms with Gasteiger partial charge in [0.25, 0.3) is 0 Å². The van der Waals surface area contributed by atoms with Gasteiger partial charge in [0, 0.05) is 0 Å². The van der Waals surface area contributed by atoms with Crippen LogP contribution in [0.15, 0.2) is 24.3 Å². The standard InChI is InChI=1S/C16H22O5/c1-15(2,11-5-7-12(17)8-6-11)9-10-16(3,13(18)19)14(20)21-4/h5-8,17H,9-10H2,1-4H3,(H,18,19). The summed E-state index contributed by atoms with van der Waals surface area (Å²) in [5, 5.41) is 18.6. The van der Waals surface area contributed by atoms with E-state index in [-0.39, 0.29) is 17.6 Å². The van der Waals surface area contributed by atoms with Gasteiger partial charge < -0.3 is 14.9 Å². The third-order valence-electron chi connectivity index (χ3n) is 4.01. The number of aromatic hydroxyl groups is 1. The van der Waals surface area contributed by atoms with E-state index in [2.05, 4.69) is 4.74 Å². The molecular weight excluding hydrogens is 272 g/mol. The first-order valence-corrected chi connectivity index (χ1v) is 6.75. The summed E-state index contributed by atoms with van der Waals surface area (Å²) in [6.07, 6.45) is 0.665. The maximum absolute atomic E-state index is 11.7. The number of methoxy groups -OCH3 is 1. The van der Waals surface area contributed by atoms with Crippen molar-refractivity contribution in [3.63, 3.8) is 0 Å². The number of hydrogen-bond donors (Lipinski definition) is 2. The van der Waals surface area contributed by atoms with Crippen molar-refractivity contribution in [3.8, 4) is 5.75 Å². The summed E-state index contributed by atoms with van der Waals surface area (Å²) in [7, 11) is 1.19. The van der Waals surface area contributed by atoms with Gasteiger partial charge in [-0.1, -0.05) is 26.0 Å². The molecule has 0 fully saturated rings. The normalized spacial score (nSPS) is 14.3. The van der Waals surface area contributed by atoms with E-state index in [9.17, 15) is 19.8 Å². The number of carboxylic acids is 1. The Hall–Kier alpha value is -2.04. The fourth-order valence-corrected chi connectivity index (χ4v) is 2.14. The summed E-state index contributed by atoms with van der Waals surface area (Å²) in [5.41, 5.74) is -0.903. The molecular formula is C16H22O5. The molecule has 0 aliphatic heterocycles. The van der Waals surface area contributed by atoms with Crippen LogP contribution < -0.4 is 0 Å². The van der Waals surface area contributed by atoms with Crippen molar-refractivity contribution < 1.29 is 24.5 Å². The van der Waals surface area contributed by atoms with E-state index in [1.54, 1.807) is 24.3 Å². The highest BCUT2D eigenvalue weighted by Crippen LogP contribution is 2.35. The van der Waals surface area contributed by atoms with E-state index in [1.165, 1.54) is 14.0 Å². The largest absolute Gasteiger partial charge is 0.508 e. The van der Waals surface area contributed by atoms with Crippen LogP contribution in [0.3, 0.4) is 0 Å². The van der Waals surface area contributed by atoms with Crippen LogP contribution in [0.2, 0.25) is 0 Å². The van der Waals surface area contributed by atoms with Gasteiger partial charge in [-0.05, 0) is 42.9 Å². The van der Waals surface area contributed by atoms with Crippen molar-refractivity contribution in [2.24, 2.45) is 5.41 Å². The Labute approximate surface area is 124 Å². The van der Waals surface area contributed by atoms with E-state index in [4.69, 9.17) is 0 Å². The Balaban J connectivity index is 2.91. The van der Waals surface area contributed by atoms with Crippen LogP contribution in [-0.4, -0.2) is 29.3 Å². The molecule has 2 N–H and O–H groups in total. The average molecular weight is 294 g/mol. The van der Waals surface area contributed by atoms with Gasteiger partial charge in [-0.2, -0.15) is 0 Å². The zero-order chi connectivity index (χ0) is 16.3. The first kappa shape index (κ1) is 17.0. The Morgan fingerprint density at radius 1 is 1.10 bits per heavy atom. The second kappa shape index (κ2) is 6.16. The number of phenolic OH excluding ortho intramolecular Hbond substituents is 1. The van der Waals surface area contributed by atoms with Crippen LogP contribution in [0.4, 0.5) is 0 Å². The molecule has 1 aromatic rings. The molecule has 5 heteroatoms. The average Bonchev–Trinajstić information content (AvgIpc) is 2.44. The molecule has 0 saturated heterocycles. The molecule has 0 aliphatic rings. The number of phenols is 1. The van der Waals surface area contributed by atoms with E-state index in [0.717, 1.165) is 5.56 Å². The molecule has 116 valence electrons. The Bertz CT molecular complexity index is 518. The van der Waals surface area contributed by atoms with Crippen LogP contribution in [0.1, 0.15) is 39.2 Å². The highest BCUT2D eigenvalue weighted by atomic mass is 16.5. The van der Waals surface area contributed by atoms with Gasteiger partial charge in [0.1, 0.15) is 5.75 Å². The Morgan fingerprint density at radius 3 is 2.05 bits per heavy atom. The third-order valence-corrected chi connectivity index (χ3v) is 4.01. The molecule has 1 atom stereocenters. The van der Waals surface area contributed by atoms with E-state index in [1.807, 2.05) is 13.8 Å². The molecule has 21 heavy (non-hydrogen) atoms. The molecule has 0 bridgehead atoms. The molecule has 1 unspecified atom stereocenters. The quantitative estimate of drug-likeness (QED) is 0.622. The van der Waals surface area contributed by atoms with E-state index >= 15 is 0 Å². The van der Waals surface area contributed by atoms with E-state index < -0.39 is 17.4 Å². The number of carboxylic acid groups (broad SMARTS) is 1. The maximum Gasteiger partial charge on any atom is 0.322 e. The minimum atomic E-state index is -1.55. The number of carbonyl (C=O) groups excluding carboxylic acids is 1. The van der Waals surface area contributed by atoms with Crippen LogP contribution >= 0.6 is 0 Å². The Morgan fingerprint density at radius 2 is 1.62 bits per heavy atom. The number of esters is 1. The Kier molecular flexibility index (Phi) is 4.99. The van der Waals surface area contributed by atoms with Gasteiger partial charge >= 0.3 is 11.9 Å². The van der Waals surface area contributed by atoms with Crippen LogP contribution in [0.5, 0.6) is 5.75 Å². The second-order valence-electron chi connectivity index (χ2n) is 6.06. The minimum absolute atomic E-state index is 0.170. The maximum atomic E-state index is 11.7. The molecule has 5 nitrogen and oxygen atoms in total. The molecule has 1 aromatic carbocycles. The van der Waals surface area contributed by atoms with Crippen molar-refractivity contribution in [1.29, 1.82) is 0 Å². The molecule has 0 radical (unpaired) electrons. The number of rotatable bonds is 6. The number of benzene rings is 1. The first-order chi connectivity index (χ1) is 9.63. The lowest BCUT2D eigenvalue weighted by Gasteiger charge is -2.30. The minimum Gasteiger partial charge on any atom is -0.508 e. The van der Waals surface area contributed by atoms with Gasteiger partial charge in [-0.3, -0.25) is 9.59 Å². The number of aliphatic carboxylic acids is 1. The number of hydrogen-bond acceptors (Lipinski definition) is 4. The SMILES string of the molecule is COC(=O)C(C)(CCC(C)(C)c1ccc(O)cc1)C(=O)O. The molecule has 0 aromatic heterocycles. The topological polar surface area (TPSA) is 83.8 Å². The molecule has 0 spiro atoms. The molecule has 0 saturated carbocycles.